The highest BCUT2D eigenvalue weighted by Gasteiger charge is 2.37. The molecule has 10 nitrogen and oxygen atoms in total. The number of rotatable bonds is 5. The number of urea groups is 1. The SMILES string of the molecule is COc1cc([N+](=O)[O-])ccc1-c1ccc(/C=C2\C(=O)NC(=O)N(c3ccccc3C)C2=O)o1. The van der Waals surface area contributed by atoms with Crippen LogP contribution in [0.5, 0.6) is 5.75 Å². The van der Waals surface area contributed by atoms with Crippen molar-refractivity contribution in [2.24, 2.45) is 0 Å². The van der Waals surface area contributed by atoms with E-state index in [4.69, 9.17) is 9.15 Å². The van der Waals surface area contributed by atoms with Gasteiger partial charge in [0, 0.05) is 6.07 Å². The molecule has 1 aliphatic heterocycles. The molecule has 0 saturated carbocycles. The number of aryl methyl sites for hydroxylation is 1. The van der Waals surface area contributed by atoms with E-state index in [1.165, 1.54) is 37.5 Å². The number of nitro benzene ring substituents is 1. The molecule has 0 radical (unpaired) electrons. The van der Waals surface area contributed by atoms with Crippen LogP contribution >= 0.6 is 0 Å². The maximum atomic E-state index is 13.0. The van der Waals surface area contributed by atoms with Crippen molar-refractivity contribution in [3.05, 3.63) is 81.6 Å². The van der Waals surface area contributed by atoms with E-state index in [1.807, 2.05) is 0 Å². The van der Waals surface area contributed by atoms with E-state index < -0.39 is 22.8 Å². The van der Waals surface area contributed by atoms with Crippen LogP contribution in [0.25, 0.3) is 17.4 Å². The first-order valence-corrected chi connectivity index (χ1v) is 9.70. The van der Waals surface area contributed by atoms with E-state index >= 15 is 0 Å². The summed E-state index contributed by atoms with van der Waals surface area (Å²) in [5.41, 5.74) is 1.06. The van der Waals surface area contributed by atoms with Gasteiger partial charge in [0.25, 0.3) is 17.5 Å². The zero-order valence-electron chi connectivity index (χ0n) is 17.5. The normalized spacial score (nSPS) is 15.0. The minimum Gasteiger partial charge on any atom is -0.496 e. The van der Waals surface area contributed by atoms with E-state index in [0.717, 1.165) is 4.90 Å². The molecule has 2 aromatic carbocycles. The molecule has 1 N–H and O–H groups in total. The highest BCUT2D eigenvalue weighted by Crippen LogP contribution is 2.35. The summed E-state index contributed by atoms with van der Waals surface area (Å²) in [6, 6.07) is 13.1. The first kappa shape index (κ1) is 21.5. The molecule has 0 spiro atoms. The van der Waals surface area contributed by atoms with Crippen molar-refractivity contribution in [1.82, 2.24) is 5.32 Å². The van der Waals surface area contributed by atoms with Gasteiger partial charge in [0.05, 0.1) is 29.4 Å². The maximum Gasteiger partial charge on any atom is 0.335 e. The van der Waals surface area contributed by atoms with Crippen LogP contribution in [0.4, 0.5) is 16.2 Å². The third-order valence-corrected chi connectivity index (χ3v) is 5.03. The largest absolute Gasteiger partial charge is 0.496 e. The molecule has 3 aromatic rings. The number of para-hydroxylation sites is 1. The molecule has 166 valence electrons. The van der Waals surface area contributed by atoms with Gasteiger partial charge in [-0.2, -0.15) is 0 Å². The first-order chi connectivity index (χ1) is 15.8. The Morgan fingerprint density at radius 3 is 2.55 bits per heavy atom. The number of imide groups is 2. The fourth-order valence-corrected chi connectivity index (χ4v) is 3.41. The number of nitrogens with one attached hydrogen (secondary N) is 1. The van der Waals surface area contributed by atoms with Crippen molar-refractivity contribution in [3.8, 4) is 17.1 Å². The number of methoxy groups -OCH3 is 1. The number of furan rings is 1. The molecule has 1 aromatic heterocycles. The van der Waals surface area contributed by atoms with Gasteiger partial charge < -0.3 is 9.15 Å². The number of carbonyl (C=O) groups is 3. The molecule has 2 heterocycles. The quantitative estimate of drug-likeness (QED) is 0.272. The van der Waals surface area contributed by atoms with Gasteiger partial charge in [-0.15, -0.1) is 0 Å². The number of non-ortho nitro benzene ring substituents is 1. The molecule has 33 heavy (non-hydrogen) atoms. The topological polar surface area (TPSA) is 132 Å². The average molecular weight is 447 g/mol. The Hall–Kier alpha value is -4.73. The summed E-state index contributed by atoms with van der Waals surface area (Å²) in [6.07, 6.45) is 1.23. The van der Waals surface area contributed by atoms with Gasteiger partial charge >= 0.3 is 6.03 Å². The predicted octanol–water partition coefficient (Wildman–Crippen LogP) is 3.84. The number of nitro groups is 1. The Labute approximate surface area is 187 Å². The van der Waals surface area contributed by atoms with E-state index in [9.17, 15) is 24.5 Å². The van der Waals surface area contributed by atoms with Crippen LogP contribution in [0.15, 0.2) is 64.6 Å². The van der Waals surface area contributed by atoms with Crippen molar-refractivity contribution in [3.63, 3.8) is 0 Å². The monoisotopic (exact) mass is 447 g/mol. The fourth-order valence-electron chi connectivity index (χ4n) is 3.41. The number of hydrogen-bond donors (Lipinski definition) is 1. The van der Waals surface area contributed by atoms with E-state index in [-0.39, 0.29) is 22.8 Å². The van der Waals surface area contributed by atoms with Gasteiger partial charge in [0.2, 0.25) is 0 Å². The minimum absolute atomic E-state index is 0.144. The lowest BCUT2D eigenvalue weighted by molar-refractivity contribution is -0.384. The third-order valence-electron chi connectivity index (χ3n) is 5.03. The molecular weight excluding hydrogens is 430 g/mol. The summed E-state index contributed by atoms with van der Waals surface area (Å²) in [5.74, 6) is -0.933. The molecule has 0 aliphatic carbocycles. The van der Waals surface area contributed by atoms with Crippen molar-refractivity contribution in [2.45, 2.75) is 6.92 Å². The zero-order chi connectivity index (χ0) is 23.7. The molecule has 4 amide bonds. The van der Waals surface area contributed by atoms with Gasteiger partial charge in [0.1, 0.15) is 22.8 Å². The summed E-state index contributed by atoms with van der Waals surface area (Å²) in [4.78, 5) is 49.1. The van der Waals surface area contributed by atoms with Gasteiger partial charge in [-0.1, -0.05) is 18.2 Å². The van der Waals surface area contributed by atoms with Crippen LogP contribution in [0.1, 0.15) is 11.3 Å². The van der Waals surface area contributed by atoms with Gasteiger partial charge in [-0.05, 0) is 42.8 Å². The number of ether oxygens (including phenoxy) is 1. The Kier molecular flexibility index (Phi) is 5.49. The number of amides is 4. The number of barbiturate groups is 1. The molecule has 10 heteroatoms. The smallest absolute Gasteiger partial charge is 0.335 e. The summed E-state index contributed by atoms with van der Waals surface area (Å²) in [7, 11) is 1.37. The fraction of sp³-hybridized carbons (Fsp3) is 0.0870. The van der Waals surface area contributed by atoms with Gasteiger partial charge in [0.15, 0.2) is 0 Å². The highest BCUT2D eigenvalue weighted by atomic mass is 16.6. The lowest BCUT2D eigenvalue weighted by Crippen LogP contribution is -2.54. The summed E-state index contributed by atoms with van der Waals surface area (Å²) >= 11 is 0. The number of hydrogen-bond acceptors (Lipinski definition) is 7. The summed E-state index contributed by atoms with van der Waals surface area (Å²) < 4.78 is 11.0. The Morgan fingerprint density at radius 1 is 1.09 bits per heavy atom. The van der Waals surface area contributed by atoms with Gasteiger partial charge in [-0.25, -0.2) is 9.69 Å². The molecule has 1 aliphatic rings. The van der Waals surface area contributed by atoms with Crippen LogP contribution in [0, 0.1) is 17.0 Å². The van der Waals surface area contributed by atoms with Crippen molar-refractivity contribution in [1.29, 1.82) is 0 Å². The second kappa shape index (κ2) is 8.42. The van der Waals surface area contributed by atoms with E-state index in [2.05, 4.69) is 5.32 Å². The lowest BCUT2D eigenvalue weighted by atomic mass is 10.1. The second-order valence-corrected chi connectivity index (χ2v) is 7.09. The number of carbonyl (C=O) groups excluding carboxylic acids is 3. The van der Waals surface area contributed by atoms with Crippen LogP contribution in [-0.4, -0.2) is 29.9 Å². The molecule has 0 bridgehead atoms. The van der Waals surface area contributed by atoms with Crippen molar-refractivity contribution >= 4 is 35.3 Å². The standard InChI is InChI=1S/C23H17N3O7/c1-13-5-3-4-6-18(13)25-22(28)17(21(27)24-23(25)29)12-15-8-10-19(33-15)16-9-7-14(26(30)31)11-20(16)32-2/h3-12H,1-2H3,(H,24,27,29)/b17-12+. The van der Waals surface area contributed by atoms with Crippen LogP contribution in [0.3, 0.4) is 0 Å². The van der Waals surface area contributed by atoms with Crippen molar-refractivity contribution in [2.75, 3.05) is 12.0 Å². The van der Waals surface area contributed by atoms with Crippen molar-refractivity contribution < 1.29 is 28.5 Å². The van der Waals surface area contributed by atoms with Gasteiger partial charge in [-0.3, -0.25) is 25.0 Å². The minimum atomic E-state index is -0.847. The zero-order valence-corrected chi connectivity index (χ0v) is 17.5. The Bertz CT molecular complexity index is 1340. The molecule has 1 fully saturated rings. The van der Waals surface area contributed by atoms with E-state index in [0.29, 0.717) is 22.6 Å². The maximum absolute atomic E-state index is 13.0. The average Bonchev–Trinajstić information content (AvgIpc) is 3.25. The number of anilines is 1. The first-order valence-electron chi connectivity index (χ1n) is 9.70. The van der Waals surface area contributed by atoms with Crippen LogP contribution in [0.2, 0.25) is 0 Å². The lowest BCUT2D eigenvalue weighted by Gasteiger charge is -2.27. The third kappa shape index (κ3) is 3.97. The Morgan fingerprint density at radius 2 is 1.85 bits per heavy atom. The van der Waals surface area contributed by atoms with Crippen LogP contribution < -0.4 is 15.0 Å². The van der Waals surface area contributed by atoms with E-state index in [1.54, 1.807) is 37.3 Å². The summed E-state index contributed by atoms with van der Waals surface area (Å²) in [6.45, 7) is 1.74. The number of benzene rings is 2. The molecular formula is C23H17N3O7. The Balaban J connectivity index is 1.69. The highest BCUT2D eigenvalue weighted by molar-refractivity contribution is 6.39. The number of nitrogens with zero attached hydrogens (tertiary/aromatic N) is 2. The summed E-state index contributed by atoms with van der Waals surface area (Å²) in [5, 5.41) is 13.2. The molecule has 0 unspecified atom stereocenters. The predicted molar refractivity (Wildman–Crippen MR) is 118 cm³/mol. The molecule has 4 rings (SSSR count). The molecule has 0 atom stereocenters. The van der Waals surface area contributed by atoms with Crippen LogP contribution in [-0.2, 0) is 9.59 Å². The second-order valence-electron chi connectivity index (χ2n) is 7.09. The molecule has 1 saturated heterocycles.